The van der Waals surface area contributed by atoms with Crippen LogP contribution in [-0.2, 0) is 4.79 Å². The summed E-state index contributed by atoms with van der Waals surface area (Å²) in [5, 5.41) is 0. The second-order valence-corrected chi connectivity index (χ2v) is 15.0. The fourth-order valence-electron chi connectivity index (χ4n) is 5.32. The van der Waals surface area contributed by atoms with E-state index in [1.807, 2.05) is 0 Å². The number of carbonyl (C=O) groups is 1. The van der Waals surface area contributed by atoms with Crippen LogP contribution in [0.2, 0.25) is 0 Å². The van der Waals surface area contributed by atoms with Crippen molar-refractivity contribution in [3.63, 3.8) is 0 Å². The number of likely N-dealkylation sites (N-methyl/N-ethyl adjacent to an activating group) is 1. The number of alkyl halides is 2. The number of nitrogens with two attached hydrogens (primary N) is 1. The predicted molar refractivity (Wildman–Crippen MR) is 125 cm³/mol. The molecule has 0 unspecified atom stereocenters. The van der Waals surface area contributed by atoms with Crippen LogP contribution in [0.5, 0.6) is 0 Å². The minimum atomic E-state index is -1.03. The number of amides is 1. The van der Waals surface area contributed by atoms with Crippen LogP contribution >= 0.6 is 20.1 Å². The van der Waals surface area contributed by atoms with Gasteiger partial charge in [-0.15, -0.1) is 0 Å². The number of aliphatic imine (C=N–C) groups is 1. The van der Waals surface area contributed by atoms with Gasteiger partial charge in [-0.3, -0.25) is 0 Å². The van der Waals surface area contributed by atoms with Gasteiger partial charge in [0.1, 0.15) is 0 Å². The third kappa shape index (κ3) is 5.02. The van der Waals surface area contributed by atoms with Gasteiger partial charge in [0.15, 0.2) is 0 Å². The van der Waals surface area contributed by atoms with Gasteiger partial charge in [-0.1, -0.05) is 0 Å². The Bertz CT molecular complexity index is 587. The number of halogens is 1. The summed E-state index contributed by atoms with van der Waals surface area (Å²) in [5.41, 5.74) is 5.57. The van der Waals surface area contributed by atoms with Crippen molar-refractivity contribution in [2.45, 2.75) is 82.6 Å². The average Bonchev–Trinajstić information content (AvgIpc) is 3.52. The molecule has 160 valence electrons. The van der Waals surface area contributed by atoms with Gasteiger partial charge in [-0.25, -0.2) is 0 Å². The molecule has 2 atom stereocenters. The predicted octanol–water partition coefficient (Wildman–Crippen LogP) is 4.09. The average molecular weight is 502 g/mol. The van der Waals surface area contributed by atoms with E-state index in [1.54, 1.807) is 11.9 Å². The van der Waals surface area contributed by atoms with Gasteiger partial charge in [-0.05, 0) is 0 Å². The van der Waals surface area contributed by atoms with Crippen LogP contribution in [0.1, 0.15) is 77.0 Å². The van der Waals surface area contributed by atoms with Gasteiger partial charge < -0.3 is 0 Å². The third-order valence-electron chi connectivity index (χ3n) is 7.32. The standard InChI is InChI=1S/C22H39IN4O/c1-27-20(28)22(26-21(27)24,12-11-17-6-3-2-4-7-17)14-19-8-5-13-23(15-19)25-16-18-9-10-18/h17-19,25H,2-16H2,1H3,(H2,24,26)/t19-,22-/m1/s1. The summed E-state index contributed by atoms with van der Waals surface area (Å²) in [6.07, 6.45) is 15.2. The number of guanidine groups is 1. The first-order chi connectivity index (χ1) is 13.6. The second kappa shape index (κ2) is 9.19. The van der Waals surface area contributed by atoms with E-state index in [9.17, 15) is 4.79 Å². The van der Waals surface area contributed by atoms with E-state index in [0.29, 0.717) is 11.9 Å². The Morgan fingerprint density at radius 3 is 2.54 bits per heavy atom. The molecular formula is C22H39IN4O. The summed E-state index contributed by atoms with van der Waals surface area (Å²) in [6.45, 7) is 1.26. The monoisotopic (exact) mass is 502 g/mol. The fourth-order valence-corrected chi connectivity index (χ4v) is 11.3. The first-order valence-electron chi connectivity index (χ1n) is 11.5. The molecule has 1 saturated heterocycles. The molecule has 0 aromatic carbocycles. The molecule has 3 fully saturated rings. The molecule has 0 bridgehead atoms. The van der Waals surface area contributed by atoms with Crippen molar-refractivity contribution in [2.75, 3.05) is 22.4 Å². The number of hydrogen-bond donors (Lipinski definition) is 2. The molecule has 0 spiro atoms. The van der Waals surface area contributed by atoms with E-state index in [4.69, 9.17) is 10.7 Å². The summed E-state index contributed by atoms with van der Waals surface area (Å²) in [6, 6.07) is 0. The first kappa shape index (κ1) is 20.9. The Balaban J connectivity index is 1.39. The molecule has 4 aliphatic rings. The van der Waals surface area contributed by atoms with Crippen molar-refractivity contribution in [3.8, 4) is 0 Å². The Kier molecular flexibility index (Phi) is 6.85. The molecule has 2 aliphatic carbocycles. The van der Waals surface area contributed by atoms with Crippen LogP contribution in [0, 0.1) is 17.8 Å². The van der Waals surface area contributed by atoms with Crippen molar-refractivity contribution in [1.82, 2.24) is 8.43 Å². The molecule has 0 aromatic rings. The Labute approximate surface area is 178 Å². The molecule has 0 aromatic heterocycles. The third-order valence-corrected chi connectivity index (χ3v) is 13.2. The molecule has 6 heteroatoms. The summed E-state index contributed by atoms with van der Waals surface area (Å²) in [5.74, 6) is 3.01. The van der Waals surface area contributed by atoms with Crippen LogP contribution in [0.4, 0.5) is 0 Å². The van der Waals surface area contributed by atoms with Crippen LogP contribution in [0.3, 0.4) is 0 Å². The van der Waals surface area contributed by atoms with Crippen LogP contribution in [-0.4, -0.2) is 44.8 Å². The molecule has 4 rings (SSSR count). The summed E-state index contributed by atoms with van der Waals surface area (Å²) in [4.78, 5) is 19.7. The maximum atomic E-state index is 13.2. The van der Waals surface area contributed by atoms with Crippen LogP contribution < -0.4 is 9.26 Å². The quantitative estimate of drug-likeness (QED) is 0.299. The molecule has 0 radical (unpaired) electrons. The molecule has 28 heavy (non-hydrogen) atoms. The summed E-state index contributed by atoms with van der Waals surface area (Å²) in [7, 11) is 1.81. The zero-order chi connectivity index (χ0) is 19.6. The number of hydrogen-bond acceptors (Lipinski definition) is 4. The van der Waals surface area contributed by atoms with E-state index in [1.165, 1.54) is 73.2 Å². The number of carbonyl (C=O) groups excluding carboxylic acids is 1. The zero-order valence-corrected chi connectivity index (χ0v) is 19.8. The molecular weight excluding hydrogens is 463 g/mol. The Morgan fingerprint density at radius 1 is 1.11 bits per heavy atom. The van der Waals surface area contributed by atoms with E-state index < -0.39 is 25.6 Å². The van der Waals surface area contributed by atoms with Gasteiger partial charge >= 0.3 is 179 Å². The number of nitrogens with zero attached hydrogens (tertiary/aromatic N) is 2. The van der Waals surface area contributed by atoms with Crippen molar-refractivity contribution in [3.05, 3.63) is 0 Å². The van der Waals surface area contributed by atoms with Gasteiger partial charge in [0.05, 0.1) is 0 Å². The van der Waals surface area contributed by atoms with Gasteiger partial charge in [-0.2, -0.15) is 0 Å². The molecule has 5 nitrogen and oxygen atoms in total. The summed E-state index contributed by atoms with van der Waals surface area (Å²) >= 11 is -1.03. The zero-order valence-electron chi connectivity index (χ0n) is 17.6. The summed E-state index contributed by atoms with van der Waals surface area (Å²) < 4.78 is 6.77. The van der Waals surface area contributed by atoms with Crippen molar-refractivity contribution in [2.24, 2.45) is 28.5 Å². The molecule has 3 N–H and O–H groups in total. The van der Waals surface area contributed by atoms with Gasteiger partial charge in [0.25, 0.3) is 0 Å². The van der Waals surface area contributed by atoms with Gasteiger partial charge in [0, 0.05) is 0 Å². The van der Waals surface area contributed by atoms with Crippen molar-refractivity contribution >= 4 is 32.0 Å². The van der Waals surface area contributed by atoms with Crippen molar-refractivity contribution in [1.29, 1.82) is 0 Å². The molecule has 1 amide bonds. The fraction of sp³-hybridized carbons (Fsp3) is 0.909. The van der Waals surface area contributed by atoms with Crippen molar-refractivity contribution < 1.29 is 4.79 Å². The van der Waals surface area contributed by atoms with E-state index in [0.717, 1.165) is 31.1 Å². The first-order valence-corrected chi connectivity index (χ1v) is 15.7. The number of rotatable bonds is 8. The van der Waals surface area contributed by atoms with E-state index in [-0.39, 0.29) is 5.91 Å². The van der Waals surface area contributed by atoms with E-state index in [2.05, 4.69) is 3.53 Å². The molecule has 2 heterocycles. The van der Waals surface area contributed by atoms with Crippen LogP contribution in [0.15, 0.2) is 4.99 Å². The van der Waals surface area contributed by atoms with Gasteiger partial charge in [0.2, 0.25) is 0 Å². The Hall–Kier alpha value is -0.370. The SMILES string of the molecule is CN1C(=O)[C@@](CCC2CCCCC2)(C[C@H]2CCCI(NCC3CC3)C2)N=C1N. The van der Waals surface area contributed by atoms with Crippen LogP contribution in [0.25, 0.3) is 0 Å². The minimum absolute atomic E-state index is 0.165. The topological polar surface area (TPSA) is 70.7 Å². The second-order valence-electron chi connectivity index (χ2n) is 9.70. The van der Waals surface area contributed by atoms with E-state index >= 15 is 0 Å². The normalized spacial score (nSPS) is 33.4. The molecule has 2 aliphatic heterocycles. The Morgan fingerprint density at radius 2 is 1.86 bits per heavy atom. The molecule has 2 saturated carbocycles. The maximum absolute atomic E-state index is 13.2. The number of nitrogens with one attached hydrogen (secondary N) is 1.